The Kier molecular flexibility index (Phi) is 3.19. The van der Waals surface area contributed by atoms with E-state index in [1.54, 1.807) is 23.4 Å². The molecule has 0 bridgehead atoms. The number of pyridine rings is 1. The lowest BCUT2D eigenvalue weighted by Crippen LogP contribution is -2.05. The summed E-state index contributed by atoms with van der Waals surface area (Å²) >= 11 is 0. The van der Waals surface area contributed by atoms with E-state index in [4.69, 9.17) is 0 Å². The predicted octanol–water partition coefficient (Wildman–Crippen LogP) is 2.35. The minimum Gasteiger partial charge on any atom is -0.364 e. The number of fused-ring (bicyclic) bond motifs is 1. The van der Waals surface area contributed by atoms with Crippen LogP contribution in [-0.2, 0) is 6.54 Å². The van der Waals surface area contributed by atoms with E-state index in [2.05, 4.69) is 34.9 Å². The molecule has 8 heteroatoms. The zero-order valence-corrected chi connectivity index (χ0v) is 13.4. The average Bonchev–Trinajstić information content (AvgIpc) is 3.18. The van der Waals surface area contributed by atoms with Gasteiger partial charge in [-0.1, -0.05) is 0 Å². The number of rotatable bonds is 5. The molecule has 1 aliphatic carbocycles. The van der Waals surface area contributed by atoms with Crippen molar-refractivity contribution < 1.29 is 0 Å². The molecule has 1 N–H and O–H groups in total. The van der Waals surface area contributed by atoms with Crippen molar-refractivity contribution >= 4 is 17.0 Å². The Morgan fingerprint density at radius 1 is 1.12 bits per heavy atom. The van der Waals surface area contributed by atoms with Crippen LogP contribution in [0.5, 0.6) is 0 Å². The molecule has 0 aliphatic heterocycles. The zero-order chi connectivity index (χ0) is 16.6. The van der Waals surface area contributed by atoms with E-state index in [0.29, 0.717) is 12.6 Å². The summed E-state index contributed by atoms with van der Waals surface area (Å²) in [6.07, 6.45) is 11.2. The minimum atomic E-state index is 0.546. The van der Waals surface area contributed by atoms with Crippen molar-refractivity contribution in [1.29, 1.82) is 0 Å². The number of nitrogens with one attached hydrogen (secondary N) is 1. The Balaban J connectivity index is 1.40. The molecule has 4 aromatic heterocycles. The third-order valence-electron chi connectivity index (χ3n) is 4.31. The van der Waals surface area contributed by atoms with Crippen LogP contribution in [0.3, 0.4) is 0 Å². The third kappa shape index (κ3) is 2.61. The third-order valence-corrected chi connectivity index (χ3v) is 4.31. The van der Waals surface area contributed by atoms with Crippen LogP contribution in [0.2, 0.25) is 0 Å². The molecular formula is C17H16N8. The number of hydrogen-bond acceptors (Lipinski definition) is 6. The monoisotopic (exact) mass is 332 g/mol. The number of nitrogens with zero attached hydrogens (tertiary/aromatic N) is 7. The van der Waals surface area contributed by atoms with Gasteiger partial charge in [0.1, 0.15) is 11.8 Å². The SMILES string of the molecule is c1cnn(-c2cc(CNc3ncnc4c3ncn4C3CC3)ccn2)c1. The fourth-order valence-corrected chi connectivity index (χ4v) is 2.89. The van der Waals surface area contributed by atoms with Crippen LogP contribution < -0.4 is 5.32 Å². The van der Waals surface area contributed by atoms with Gasteiger partial charge < -0.3 is 9.88 Å². The van der Waals surface area contributed by atoms with Gasteiger partial charge in [0.15, 0.2) is 17.3 Å². The fraction of sp³-hybridized carbons (Fsp3) is 0.235. The smallest absolute Gasteiger partial charge is 0.165 e. The average molecular weight is 332 g/mol. The van der Waals surface area contributed by atoms with Crippen molar-refractivity contribution in [3.8, 4) is 5.82 Å². The fourth-order valence-electron chi connectivity index (χ4n) is 2.89. The molecule has 4 heterocycles. The van der Waals surface area contributed by atoms with Crippen molar-refractivity contribution in [3.05, 3.63) is 55.0 Å². The van der Waals surface area contributed by atoms with Crippen molar-refractivity contribution in [3.63, 3.8) is 0 Å². The maximum Gasteiger partial charge on any atom is 0.165 e. The van der Waals surface area contributed by atoms with Gasteiger partial charge in [-0.3, -0.25) is 0 Å². The minimum absolute atomic E-state index is 0.546. The van der Waals surface area contributed by atoms with Crippen LogP contribution in [0.15, 0.2) is 49.4 Å². The molecule has 0 aromatic carbocycles. The summed E-state index contributed by atoms with van der Waals surface area (Å²) in [6.45, 7) is 0.624. The molecule has 0 radical (unpaired) electrons. The Bertz CT molecular complexity index is 1020. The first-order chi connectivity index (χ1) is 12.4. The second-order valence-corrected chi connectivity index (χ2v) is 6.10. The van der Waals surface area contributed by atoms with Gasteiger partial charge in [0.05, 0.1) is 6.33 Å². The maximum atomic E-state index is 4.50. The zero-order valence-electron chi connectivity index (χ0n) is 13.4. The molecule has 5 rings (SSSR count). The number of imidazole rings is 1. The lowest BCUT2D eigenvalue weighted by Gasteiger charge is -2.08. The van der Waals surface area contributed by atoms with E-state index in [9.17, 15) is 0 Å². The quantitative estimate of drug-likeness (QED) is 0.604. The van der Waals surface area contributed by atoms with Crippen LogP contribution in [-0.4, -0.2) is 34.3 Å². The topological polar surface area (TPSA) is 86.3 Å². The summed E-state index contributed by atoms with van der Waals surface area (Å²) in [7, 11) is 0. The predicted molar refractivity (Wildman–Crippen MR) is 92.3 cm³/mol. The summed E-state index contributed by atoms with van der Waals surface area (Å²) in [6, 6.07) is 6.40. The molecule has 0 unspecified atom stereocenters. The van der Waals surface area contributed by atoms with Crippen molar-refractivity contribution in [1.82, 2.24) is 34.3 Å². The van der Waals surface area contributed by atoms with Crippen LogP contribution in [0.1, 0.15) is 24.4 Å². The highest BCUT2D eigenvalue weighted by molar-refractivity contribution is 5.82. The van der Waals surface area contributed by atoms with Crippen LogP contribution in [0.4, 0.5) is 5.82 Å². The van der Waals surface area contributed by atoms with E-state index in [0.717, 1.165) is 28.4 Å². The first kappa shape index (κ1) is 14.1. The van der Waals surface area contributed by atoms with Gasteiger partial charge in [-0.15, -0.1) is 0 Å². The van der Waals surface area contributed by atoms with Crippen molar-refractivity contribution in [2.45, 2.75) is 25.4 Å². The summed E-state index contributed by atoms with van der Waals surface area (Å²) < 4.78 is 3.88. The maximum absolute atomic E-state index is 4.50. The summed E-state index contributed by atoms with van der Waals surface area (Å²) in [5.41, 5.74) is 2.80. The number of hydrogen-bond donors (Lipinski definition) is 1. The number of anilines is 1. The molecular weight excluding hydrogens is 316 g/mol. The van der Waals surface area contributed by atoms with Crippen molar-refractivity contribution in [2.24, 2.45) is 0 Å². The first-order valence-electron chi connectivity index (χ1n) is 8.25. The lowest BCUT2D eigenvalue weighted by atomic mass is 10.2. The molecule has 1 aliphatic rings. The molecule has 0 amide bonds. The van der Waals surface area contributed by atoms with Gasteiger partial charge in [-0.05, 0) is 36.6 Å². The second-order valence-electron chi connectivity index (χ2n) is 6.10. The molecule has 1 saturated carbocycles. The molecule has 25 heavy (non-hydrogen) atoms. The summed E-state index contributed by atoms with van der Waals surface area (Å²) in [5.74, 6) is 1.54. The first-order valence-corrected chi connectivity index (χ1v) is 8.25. The molecule has 0 saturated heterocycles. The Hall–Kier alpha value is -3.29. The van der Waals surface area contributed by atoms with E-state index in [1.165, 1.54) is 12.8 Å². The highest BCUT2D eigenvalue weighted by Gasteiger charge is 2.26. The van der Waals surface area contributed by atoms with Gasteiger partial charge in [0.2, 0.25) is 0 Å². The van der Waals surface area contributed by atoms with Crippen molar-refractivity contribution in [2.75, 3.05) is 5.32 Å². The van der Waals surface area contributed by atoms with Gasteiger partial charge >= 0.3 is 0 Å². The molecule has 4 aromatic rings. The van der Waals surface area contributed by atoms with E-state index < -0.39 is 0 Å². The Labute approximate surface area is 143 Å². The van der Waals surface area contributed by atoms with Gasteiger partial charge in [-0.2, -0.15) is 5.10 Å². The lowest BCUT2D eigenvalue weighted by molar-refractivity contribution is 0.756. The van der Waals surface area contributed by atoms with E-state index in [1.807, 2.05) is 30.7 Å². The van der Waals surface area contributed by atoms with E-state index >= 15 is 0 Å². The van der Waals surface area contributed by atoms with Crippen LogP contribution in [0.25, 0.3) is 17.0 Å². The highest BCUT2D eigenvalue weighted by Crippen LogP contribution is 2.37. The normalized spacial score (nSPS) is 14.1. The van der Waals surface area contributed by atoms with Crippen LogP contribution in [0, 0.1) is 0 Å². The second kappa shape index (κ2) is 5.66. The summed E-state index contributed by atoms with van der Waals surface area (Å²) in [4.78, 5) is 17.6. The molecule has 0 atom stereocenters. The Morgan fingerprint density at radius 2 is 2.08 bits per heavy atom. The van der Waals surface area contributed by atoms with E-state index in [-0.39, 0.29) is 0 Å². The van der Waals surface area contributed by atoms with Gasteiger partial charge in [0.25, 0.3) is 0 Å². The van der Waals surface area contributed by atoms with Crippen LogP contribution >= 0.6 is 0 Å². The highest BCUT2D eigenvalue weighted by atomic mass is 15.3. The Morgan fingerprint density at radius 3 is 2.92 bits per heavy atom. The summed E-state index contributed by atoms with van der Waals surface area (Å²) in [5, 5.41) is 7.58. The molecule has 8 nitrogen and oxygen atoms in total. The standard InChI is InChI=1S/C17H16N8/c1-5-23-25(7-1)14-8-12(4-6-18-14)9-19-16-15-17(21-10-20-16)24(11-22-15)13-2-3-13/h1,4-8,10-11,13H,2-3,9H2,(H,19,20,21). The number of aromatic nitrogens is 7. The molecule has 1 fully saturated rings. The molecule has 0 spiro atoms. The largest absolute Gasteiger partial charge is 0.364 e. The van der Waals surface area contributed by atoms with Gasteiger partial charge in [0, 0.05) is 31.2 Å². The van der Waals surface area contributed by atoms with Gasteiger partial charge in [-0.25, -0.2) is 24.6 Å². The molecule has 124 valence electrons.